The zero-order valence-electron chi connectivity index (χ0n) is 17.9. The summed E-state index contributed by atoms with van der Waals surface area (Å²) in [6.07, 6.45) is 5.39. The zero-order valence-corrected chi connectivity index (χ0v) is 17.9. The fourth-order valence-corrected chi connectivity index (χ4v) is 3.17. The molecule has 0 saturated heterocycles. The van der Waals surface area contributed by atoms with Crippen LogP contribution in [0.5, 0.6) is 11.5 Å². The topological polar surface area (TPSA) is 103 Å². The molecule has 0 saturated carbocycles. The van der Waals surface area contributed by atoms with Crippen LogP contribution >= 0.6 is 0 Å². The highest BCUT2D eigenvalue weighted by atomic mass is 16.5. The Morgan fingerprint density at radius 2 is 1.97 bits per heavy atom. The van der Waals surface area contributed by atoms with Gasteiger partial charge in [0.15, 0.2) is 0 Å². The molecule has 0 amide bonds. The lowest BCUT2D eigenvalue weighted by Gasteiger charge is -2.25. The third kappa shape index (κ3) is 4.98. The van der Waals surface area contributed by atoms with Crippen molar-refractivity contribution in [1.29, 1.82) is 0 Å². The number of aliphatic imine (C=N–C) groups is 1. The van der Waals surface area contributed by atoms with Crippen molar-refractivity contribution in [3.8, 4) is 11.5 Å². The molecule has 0 spiro atoms. The van der Waals surface area contributed by atoms with E-state index >= 15 is 0 Å². The minimum atomic E-state index is 0.0670. The Balaban J connectivity index is 2.14. The molecule has 3 rings (SSSR count). The first-order chi connectivity index (χ1) is 15.0. The molecule has 8 heteroatoms. The molecule has 160 valence electrons. The predicted molar refractivity (Wildman–Crippen MR) is 124 cm³/mol. The van der Waals surface area contributed by atoms with Gasteiger partial charge in [0.25, 0.3) is 0 Å². The number of aromatic hydroxyl groups is 1. The second kappa shape index (κ2) is 9.71. The molecule has 0 fully saturated rings. The van der Waals surface area contributed by atoms with Crippen LogP contribution in [0.15, 0.2) is 58.8 Å². The number of phenolic OH excluding ortho intramolecular Hbond substituents is 1. The Hall–Kier alpha value is -3.94. The Bertz CT molecular complexity index is 1170. The summed E-state index contributed by atoms with van der Waals surface area (Å²) in [5.41, 5.74) is 5.01. The molecular weight excluding hydrogens is 394 g/mol. The SMILES string of the molecule is C/C=C(\C=NC)c1cnc2ccc(N(C/C(C)=N/O)c3cc(O)cc(OC)c3)cc2n1. The molecule has 31 heavy (non-hydrogen) atoms. The van der Waals surface area contributed by atoms with Crippen molar-refractivity contribution in [3.63, 3.8) is 0 Å². The Kier molecular flexibility index (Phi) is 6.81. The molecule has 1 heterocycles. The van der Waals surface area contributed by atoms with E-state index < -0.39 is 0 Å². The van der Waals surface area contributed by atoms with Crippen molar-refractivity contribution < 1.29 is 15.1 Å². The number of hydrogen-bond donors (Lipinski definition) is 2. The maximum Gasteiger partial charge on any atom is 0.124 e. The highest BCUT2D eigenvalue weighted by molar-refractivity contribution is 6.09. The predicted octanol–water partition coefficient (Wildman–Crippen LogP) is 4.44. The number of methoxy groups -OCH3 is 1. The van der Waals surface area contributed by atoms with E-state index in [2.05, 4.69) is 15.1 Å². The minimum Gasteiger partial charge on any atom is -0.508 e. The van der Waals surface area contributed by atoms with Gasteiger partial charge in [0.2, 0.25) is 0 Å². The molecule has 0 unspecified atom stereocenters. The van der Waals surface area contributed by atoms with Crippen LogP contribution in [0.25, 0.3) is 16.6 Å². The highest BCUT2D eigenvalue weighted by Crippen LogP contribution is 2.33. The number of ether oxygens (including phenoxy) is 1. The molecule has 0 aliphatic heterocycles. The van der Waals surface area contributed by atoms with E-state index in [4.69, 9.17) is 9.72 Å². The highest BCUT2D eigenvalue weighted by Gasteiger charge is 2.15. The summed E-state index contributed by atoms with van der Waals surface area (Å²) in [6, 6.07) is 10.6. The average molecular weight is 419 g/mol. The smallest absolute Gasteiger partial charge is 0.124 e. The summed E-state index contributed by atoms with van der Waals surface area (Å²) in [6.45, 7) is 3.94. The molecule has 0 bridgehead atoms. The summed E-state index contributed by atoms with van der Waals surface area (Å²) in [4.78, 5) is 15.2. The van der Waals surface area contributed by atoms with Gasteiger partial charge >= 0.3 is 0 Å². The van der Waals surface area contributed by atoms with Crippen molar-refractivity contribution in [1.82, 2.24) is 9.97 Å². The van der Waals surface area contributed by atoms with Crippen LogP contribution in [0.4, 0.5) is 11.4 Å². The van der Waals surface area contributed by atoms with Gasteiger partial charge in [0, 0.05) is 48.4 Å². The molecule has 3 aromatic rings. The standard InChI is InChI=1S/C23H25N5O3/c1-5-16(12-24-3)23-13-25-21-7-6-17(10-22(21)26-23)28(14-15(2)27-30)18-8-19(29)11-20(9-18)31-4/h5-13,29-30H,14H2,1-4H3/b16-5+,24-12?,27-15+. The fraction of sp³-hybridized carbons (Fsp3) is 0.217. The number of anilines is 2. The second-order valence-corrected chi connectivity index (χ2v) is 6.87. The van der Waals surface area contributed by atoms with E-state index in [1.54, 1.807) is 38.5 Å². The van der Waals surface area contributed by atoms with Crippen LogP contribution in [0.2, 0.25) is 0 Å². The van der Waals surface area contributed by atoms with E-state index in [0.717, 1.165) is 22.5 Å². The lowest BCUT2D eigenvalue weighted by Crippen LogP contribution is -2.24. The number of aromatic nitrogens is 2. The molecule has 0 radical (unpaired) electrons. The quantitative estimate of drug-likeness (QED) is 0.333. The monoisotopic (exact) mass is 419 g/mol. The molecule has 0 aliphatic carbocycles. The van der Waals surface area contributed by atoms with Gasteiger partial charge in [-0.15, -0.1) is 0 Å². The Morgan fingerprint density at radius 1 is 1.16 bits per heavy atom. The van der Waals surface area contributed by atoms with Gasteiger partial charge in [-0.1, -0.05) is 11.2 Å². The Morgan fingerprint density at radius 3 is 2.65 bits per heavy atom. The summed E-state index contributed by atoms with van der Waals surface area (Å²) in [5, 5.41) is 22.7. The van der Waals surface area contributed by atoms with Gasteiger partial charge in [-0.3, -0.25) is 9.98 Å². The van der Waals surface area contributed by atoms with Gasteiger partial charge in [-0.25, -0.2) is 4.98 Å². The second-order valence-electron chi connectivity index (χ2n) is 6.87. The minimum absolute atomic E-state index is 0.0670. The fourth-order valence-electron chi connectivity index (χ4n) is 3.17. The van der Waals surface area contributed by atoms with Gasteiger partial charge in [0.1, 0.15) is 11.5 Å². The van der Waals surface area contributed by atoms with E-state index in [1.165, 1.54) is 13.2 Å². The number of fused-ring (bicyclic) bond motifs is 1. The summed E-state index contributed by atoms with van der Waals surface area (Å²) < 4.78 is 5.29. The van der Waals surface area contributed by atoms with E-state index in [0.29, 0.717) is 29.2 Å². The van der Waals surface area contributed by atoms with Crippen LogP contribution in [0.3, 0.4) is 0 Å². The lowest BCUT2D eigenvalue weighted by molar-refractivity contribution is 0.318. The third-order valence-corrected chi connectivity index (χ3v) is 4.69. The van der Waals surface area contributed by atoms with E-state index in [1.807, 2.05) is 36.1 Å². The van der Waals surface area contributed by atoms with Crippen molar-refractivity contribution in [2.45, 2.75) is 13.8 Å². The largest absolute Gasteiger partial charge is 0.508 e. The number of oxime groups is 1. The number of benzene rings is 2. The summed E-state index contributed by atoms with van der Waals surface area (Å²) in [5.74, 6) is 0.579. The van der Waals surface area contributed by atoms with Crippen LogP contribution in [-0.2, 0) is 0 Å². The normalized spacial score (nSPS) is 12.5. The molecule has 1 aromatic heterocycles. The lowest BCUT2D eigenvalue weighted by atomic mass is 10.1. The van der Waals surface area contributed by atoms with Crippen LogP contribution < -0.4 is 9.64 Å². The summed E-state index contributed by atoms with van der Waals surface area (Å²) >= 11 is 0. The first-order valence-corrected chi connectivity index (χ1v) is 9.67. The van der Waals surface area contributed by atoms with Gasteiger partial charge < -0.3 is 20.0 Å². The van der Waals surface area contributed by atoms with Crippen molar-refractivity contribution in [2.75, 3.05) is 25.6 Å². The maximum absolute atomic E-state index is 10.1. The van der Waals surface area contributed by atoms with Crippen molar-refractivity contribution in [2.24, 2.45) is 10.1 Å². The van der Waals surface area contributed by atoms with E-state index in [9.17, 15) is 10.3 Å². The molecule has 2 aromatic carbocycles. The van der Waals surface area contributed by atoms with Crippen LogP contribution in [0, 0.1) is 0 Å². The summed E-state index contributed by atoms with van der Waals surface area (Å²) in [7, 11) is 3.25. The first-order valence-electron chi connectivity index (χ1n) is 9.67. The number of nitrogens with zero attached hydrogens (tertiary/aromatic N) is 5. The van der Waals surface area contributed by atoms with Crippen LogP contribution in [-0.4, -0.2) is 52.9 Å². The van der Waals surface area contributed by atoms with Crippen molar-refractivity contribution in [3.05, 3.63) is 54.4 Å². The molecule has 2 N–H and O–H groups in total. The molecule has 8 nitrogen and oxygen atoms in total. The first kappa shape index (κ1) is 21.8. The van der Waals surface area contributed by atoms with Gasteiger partial charge in [-0.05, 0) is 32.0 Å². The molecule has 0 aliphatic rings. The van der Waals surface area contributed by atoms with E-state index in [-0.39, 0.29) is 5.75 Å². The molecule has 0 atom stereocenters. The van der Waals surface area contributed by atoms with Gasteiger partial charge in [-0.2, -0.15) is 0 Å². The number of rotatable bonds is 7. The third-order valence-electron chi connectivity index (χ3n) is 4.69. The maximum atomic E-state index is 10.1. The van der Waals surface area contributed by atoms with Crippen molar-refractivity contribution >= 4 is 39.9 Å². The number of phenols is 1. The zero-order chi connectivity index (χ0) is 22.4. The molecular formula is C23H25N5O3. The van der Waals surface area contributed by atoms with Gasteiger partial charge in [0.05, 0.1) is 42.3 Å². The number of allylic oxidation sites excluding steroid dienone is 2. The average Bonchev–Trinajstić information content (AvgIpc) is 2.79. The van der Waals surface area contributed by atoms with Crippen LogP contribution in [0.1, 0.15) is 19.5 Å². The number of hydrogen-bond acceptors (Lipinski definition) is 8. The Labute approximate surface area is 180 Å².